The van der Waals surface area contributed by atoms with Crippen molar-refractivity contribution in [1.82, 2.24) is 15.0 Å². The van der Waals surface area contributed by atoms with E-state index in [4.69, 9.17) is 4.74 Å². The van der Waals surface area contributed by atoms with E-state index in [9.17, 15) is 9.90 Å². The van der Waals surface area contributed by atoms with Crippen LogP contribution in [0.15, 0.2) is 0 Å². The van der Waals surface area contributed by atoms with E-state index in [2.05, 4.69) is 10.3 Å². The smallest absolute Gasteiger partial charge is 0.172 e. The summed E-state index contributed by atoms with van der Waals surface area (Å²) in [6, 6.07) is -0.172. The van der Waals surface area contributed by atoms with Gasteiger partial charge >= 0.3 is 0 Å². The molecule has 0 bridgehead atoms. The van der Waals surface area contributed by atoms with Crippen molar-refractivity contribution in [2.45, 2.75) is 32.4 Å². The largest absolute Gasteiger partial charge is 0.394 e. The van der Waals surface area contributed by atoms with Crippen LogP contribution < -0.4 is 0 Å². The molecule has 0 radical (unpaired) electrons. The molecule has 16 heavy (non-hydrogen) atoms. The third kappa shape index (κ3) is 2.28. The van der Waals surface area contributed by atoms with E-state index in [0.717, 1.165) is 0 Å². The van der Waals surface area contributed by atoms with E-state index >= 15 is 0 Å². The zero-order valence-electron chi connectivity index (χ0n) is 9.75. The summed E-state index contributed by atoms with van der Waals surface area (Å²) in [5.41, 5.74) is 0.875. The predicted octanol–water partition coefficient (Wildman–Crippen LogP) is 0.741. The summed E-state index contributed by atoms with van der Waals surface area (Å²) in [5, 5.41) is 16.9. The van der Waals surface area contributed by atoms with Crippen molar-refractivity contribution in [3.8, 4) is 0 Å². The quantitative estimate of drug-likeness (QED) is 0.725. The predicted molar refractivity (Wildman–Crippen MR) is 57.2 cm³/mol. The van der Waals surface area contributed by atoms with Crippen LogP contribution >= 0.6 is 0 Å². The number of nitrogens with zero attached hydrogens (tertiary/aromatic N) is 3. The van der Waals surface area contributed by atoms with Crippen LogP contribution in [0.25, 0.3) is 0 Å². The maximum atomic E-state index is 10.8. The van der Waals surface area contributed by atoms with Crippen LogP contribution in [0.2, 0.25) is 0 Å². The number of rotatable bonds is 6. The molecule has 0 fully saturated rings. The van der Waals surface area contributed by atoms with Crippen LogP contribution in [-0.2, 0) is 4.74 Å². The first-order valence-electron chi connectivity index (χ1n) is 5.23. The number of aliphatic hydroxyl groups is 1. The normalized spacial score (nSPS) is 14.8. The number of hydrogen-bond donors (Lipinski definition) is 1. The van der Waals surface area contributed by atoms with Gasteiger partial charge in [-0.1, -0.05) is 12.1 Å². The third-order valence-electron chi connectivity index (χ3n) is 2.64. The number of carbonyl (C=O) groups excluding carboxylic acids is 1. The molecule has 2 atom stereocenters. The highest BCUT2D eigenvalue weighted by Crippen LogP contribution is 2.22. The molecular weight excluding hydrogens is 210 g/mol. The molecule has 0 saturated carbocycles. The van der Waals surface area contributed by atoms with Crippen LogP contribution in [0.1, 0.15) is 48.6 Å². The number of carbonyl (C=O) groups is 1. The Morgan fingerprint density at radius 1 is 1.62 bits per heavy atom. The van der Waals surface area contributed by atoms with Crippen LogP contribution in [0.3, 0.4) is 0 Å². The summed E-state index contributed by atoms with van der Waals surface area (Å²) in [6.07, 6.45) is 1.08. The Balaban J connectivity index is 3.18. The molecule has 6 heteroatoms. The van der Waals surface area contributed by atoms with Gasteiger partial charge in [0.05, 0.1) is 24.4 Å². The molecule has 0 aliphatic heterocycles. The highest BCUT2D eigenvalue weighted by molar-refractivity contribution is 5.73. The minimum Gasteiger partial charge on any atom is -0.394 e. The van der Waals surface area contributed by atoms with Crippen LogP contribution in [0, 0.1) is 0 Å². The van der Waals surface area contributed by atoms with Crippen molar-refractivity contribution < 1.29 is 14.6 Å². The summed E-state index contributed by atoms with van der Waals surface area (Å²) in [4.78, 5) is 10.8. The summed E-state index contributed by atoms with van der Waals surface area (Å²) in [7, 11) is 1.55. The molecule has 1 rings (SSSR count). The molecule has 90 valence electrons. The first-order valence-corrected chi connectivity index (χ1v) is 5.23. The number of aliphatic hydroxyl groups excluding tert-OH is 1. The van der Waals surface area contributed by atoms with Gasteiger partial charge < -0.3 is 9.84 Å². The summed E-state index contributed by atoms with van der Waals surface area (Å²) >= 11 is 0. The fourth-order valence-electron chi connectivity index (χ4n) is 1.55. The first-order chi connectivity index (χ1) is 7.69. The van der Waals surface area contributed by atoms with E-state index in [-0.39, 0.29) is 24.4 Å². The molecule has 0 amide bonds. The molecule has 0 aromatic carbocycles. The van der Waals surface area contributed by atoms with Gasteiger partial charge in [0.1, 0.15) is 0 Å². The highest BCUT2D eigenvalue weighted by atomic mass is 16.5. The average molecular weight is 227 g/mol. The second kappa shape index (κ2) is 5.72. The number of methoxy groups -OCH3 is 1. The van der Waals surface area contributed by atoms with Gasteiger partial charge in [0.15, 0.2) is 12.0 Å². The standard InChI is InChI=1S/C10H17N3O3/c1-4-8(5-14)13-10(7(2)16-3)9(6-15)11-12-13/h6-8,14H,4-5H2,1-3H3. The second-order valence-corrected chi connectivity index (χ2v) is 3.54. The van der Waals surface area contributed by atoms with Gasteiger partial charge in [-0.05, 0) is 13.3 Å². The van der Waals surface area contributed by atoms with E-state index in [1.807, 2.05) is 13.8 Å². The number of aldehydes is 1. The van der Waals surface area contributed by atoms with Gasteiger partial charge in [0.2, 0.25) is 0 Å². The highest BCUT2D eigenvalue weighted by Gasteiger charge is 2.22. The Labute approximate surface area is 94.2 Å². The molecule has 6 nitrogen and oxygen atoms in total. The Morgan fingerprint density at radius 3 is 2.75 bits per heavy atom. The molecule has 1 N–H and O–H groups in total. The zero-order valence-corrected chi connectivity index (χ0v) is 9.75. The lowest BCUT2D eigenvalue weighted by molar-refractivity contribution is 0.101. The number of aromatic nitrogens is 3. The molecule has 0 aliphatic carbocycles. The molecule has 2 unspecified atom stereocenters. The molecule has 0 aliphatic rings. The molecule has 1 aromatic heterocycles. The molecule has 0 spiro atoms. The Bertz CT molecular complexity index is 347. The van der Waals surface area contributed by atoms with Crippen molar-refractivity contribution >= 4 is 6.29 Å². The van der Waals surface area contributed by atoms with E-state index in [1.165, 1.54) is 0 Å². The molecular formula is C10H17N3O3. The van der Waals surface area contributed by atoms with Crippen molar-refractivity contribution in [1.29, 1.82) is 0 Å². The van der Waals surface area contributed by atoms with Gasteiger partial charge in [-0.2, -0.15) is 0 Å². The molecule has 1 aromatic rings. The Morgan fingerprint density at radius 2 is 2.31 bits per heavy atom. The minimum atomic E-state index is -0.282. The van der Waals surface area contributed by atoms with Gasteiger partial charge in [-0.15, -0.1) is 5.10 Å². The zero-order chi connectivity index (χ0) is 12.1. The van der Waals surface area contributed by atoms with Crippen molar-refractivity contribution in [3.05, 3.63) is 11.4 Å². The van der Waals surface area contributed by atoms with Gasteiger partial charge in [-0.25, -0.2) is 4.68 Å². The lowest BCUT2D eigenvalue weighted by atomic mass is 10.2. The maximum Gasteiger partial charge on any atom is 0.172 e. The summed E-state index contributed by atoms with van der Waals surface area (Å²) in [6.45, 7) is 3.71. The number of ether oxygens (including phenoxy) is 1. The maximum absolute atomic E-state index is 10.8. The molecule has 1 heterocycles. The van der Waals surface area contributed by atoms with Crippen LogP contribution in [-0.4, -0.2) is 40.1 Å². The Hall–Kier alpha value is -1.27. The first kappa shape index (κ1) is 12.8. The van der Waals surface area contributed by atoms with E-state index in [1.54, 1.807) is 11.8 Å². The topological polar surface area (TPSA) is 77.2 Å². The van der Waals surface area contributed by atoms with E-state index < -0.39 is 0 Å². The second-order valence-electron chi connectivity index (χ2n) is 3.54. The number of hydrogen-bond acceptors (Lipinski definition) is 5. The fourth-order valence-corrected chi connectivity index (χ4v) is 1.55. The SMILES string of the molecule is CCC(CO)n1nnc(C=O)c1C(C)OC. The van der Waals surface area contributed by atoms with Crippen LogP contribution in [0.4, 0.5) is 0 Å². The monoisotopic (exact) mass is 227 g/mol. The fraction of sp³-hybridized carbons (Fsp3) is 0.700. The summed E-state index contributed by atoms with van der Waals surface area (Å²) in [5.74, 6) is 0. The van der Waals surface area contributed by atoms with Crippen molar-refractivity contribution in [2.24, 2.45) is 0 Å². The lowest BCUT2D eigenvalue weighted by Gasteiger charge is -2.18. The van der Waals surface area contributed by atoms with Gasteiger partial charge in [-0.3, -0.25) is 4.79 Å². The van der Waals surface area contributed by atoms with Crippen molar-refractivity contribution in [3.63, 3.8) is 0 Å². The van der Waals surface area contributed by atoms with Gasteiger partial charge in [0.25, 0.3) is 0 Å². The average Bonchev–Trinajstić information content (AvgIpc) is 2.73. The van der Waals surface area contributed by atoms with Crippen molar-refractivity contribution in [2.75, 3.05) is 13.7 Å². The third-order valence-corrected chi connectivity index (χ3v) is 2.64. The van der Waals surface area contributed by atoms with E-state index in [0.29, 0.717) is 18.4 Å². The van der Waals surface area contributed by atoms with Gasteiger partial charge in [0, 0.05) is 7.11 Å². The minimum absolute atomic E-state index is 0.0401. The Kier molecular flexibility index (Phi) is 4.57. The molecule has 0 saturated heterocycles. The lowest BCUT2D eigenvalue weighted by Crippen LogP contribution is -2.19. The van der Waals surface area contributed by atoms with Crippen LogP contribution in [0.5, 0.6) is 0 Å². The summed E-state index contributed by atoms with van der Waals surface area (Å²) < 4.78 is 6.74.